The van der Waals surface area contributed by atoms with Crippen LogP contribution in [0.2, 0.25) is 10.0 Å². The lowest BCUT2D eigenvalue weighted by Crippen LogP contribution is -2.52. The number of aliphatic hydroxyl groups is 1. The quantitative estimate of drug-likeness (QED) is 0.494. The average Bonchev–Trinajstić information content (AvgIpc) is 2.97. The number of amides is 1. The van der Waals surface area contributed by atoms with Crippen LogP contribution in [0.25, 0.3) is 10.2 Å². The van der Waals surface area contributed by atoms with Crippen molar-refractivity contribution in [3.05, 3.63) is 46.4 Å². The van der Waals surface area contributed by atoms with Crippen LogP contribution in [-0.2, 0) is 4.79 Å². The number of benzene rings is 2. The van der Waals surface area contributed by atoms with Crippen molar-refractivity contribution in [2.24, 2.45) is 0 Å². The summed E-state index contributed by atoms with van der Waals surface area (Å²) in [6, 6.07) is 9.80. The molecular weight excluding hydrogens is 456 g/mol. The smallest absolute Gasteiger partial charge is 0.373 e. The number of halogens is 5. The number of nitrogens with one attached hydrogen (secondary N) is 1. The molecule has 4 nitrogen and oxygen atoms in total. The number of thiazole rings is 1. The normalized spacial score (nSPS) is 14.1. The molecule has 0 aliphatic carbocycles. The van der Waals surface area contributed by atoms with E-state index in [0.717, 1.165) is 14.6 Å². The van der Waals surface area contributed by atoms with Gasteiger partial charge in [-0.1, -0.05) is 35.0 Å². The molecule has 1 unspecified atom stereocenters. The first kappa shape index (κ1) is 21.2. The van der Waals surface area contributed by atoms with Crippen LogP contribution in [0, 0.1) is 0 Å². The van der Waals surface area contributed by atoms with Crippen LogP contribution in [0.5, 0.6) is 0 Å². The van der Waals surface area contributed by atoms with Gasteiger partial charge in [0.05, 0.1) is 20.9 Å². The summed E-state index contributed by atoms with van der Waals surface area (Å²) >= 11 is 14.8. The minimum atomic E-state index is -5.12. The maximum absolute atomic E-state index is 12.7. The Kier molecular flexibility index (Phi) is 5.84. The van der Waals surface area contributed by atoms with Crippen molar-refractivity contribution in [3.63, 3.8) is 0 Å². The third-order valence-corrected chi connectivity index (χ3v) is 6.35. The Balaban J connectivity index is 1.77. The zero-order valence-corrected chi connectivity index (χ0v) is 17.1. The van der Waals surface area contributed by atoms with Gasteiger partial charge in [-0.15, -0.1) is 11.3 Å². The van der Waals surface area contributed by atoms with E-state index in [9.17, 15) is 23.1 Å². The Morgan fingerprint density at radius 3 is 2.57 bits per heavy atom. The van der Waals surface area contributed by atoms with Gasteiger partial charge in [-0.25, -0.2) is 4.98 Å². The van der Waals surface area contributed by atoms with Crippen LogP contribution < -0.4 is 5.32 Å². The molecule has 2 N–H and O–H groups in total. The van der Waals surface area contributed by atoms with Crippen LogP contribution in [0.4, 0.5) is 18.9 Å². The second-order valence-corrected chi connectivity index (χ2v) is 9.05. The summed E-state index contributed by atoms with van der Waals surface area (Å²) in [5, 5.41) is 12.0. The lowest BCUT2D eigenvalue weighted by atomic mass is 10.1. The van der Waals surface area contributed by atoms with E-state index in [2.05, 4.69) is 4.98 Å². The minimum Gasteiger partial charge on any atom is -0.373 e. The summed E-state index contributed by atoms with van der Waals surface area (Å²) in [6.45, 7) is 0.375. The van der Waals surface area contributed by atoms with Crippen LogP contribution >= 0.6 is 46.3 Å². The molecule has 0 aliphatic rings. The van der Waals surface area contributed by atoms with E-state index in [4.69, 9.17) is 23.2 Å². The van der Waals surface area contributed by atoms with Gasteiger partial charge in [0.2, 0.25) is 5.60 Å². The predicted octanol–water partition coefficient (Wildman–Crippen LogP) is 6.01. The first-order valence-corrected chi connectivity index (χ1v) is 10.0. The van der Waals surface area contributed by atoms with E-state index in [1.54, 1.807) is 18.2 Å². The molecule has 28 heavy (non-hydrogen) atoms. The maximum atomic E-state index is 12.7. The molecule has 0 fully saturated rings. The third-order valence-electron chi connectivity index (χ3n) is 3.72. The number of hydrogen-bond acceptors (Lipinski definition) is 5. The molecule has 148 valence electrons. The molecule has 1 atom stereocenters. The van der Waals surface area contributed by atoms with Crippen LogP contribution in [-0.4, -0.2) is 27.8 Å². The predicted molar refractivity (Wildman–Crippen MR) is 106 cm³/mol. The number of hydrogen-bond donors (Lipinski definition) is 2. The molecule has 0 aliphatic heterocycles. The second-order valence-electron chi connectivity index (χ2n) is 5.86. The highest BCUT2D eigenvalue weighted by Gasteiger charge is 2.55. The molecule has 11 heteroatoms. The molecule has 0 spiro atoms. The summed E-state index contributed by atoms with van der Waals surface area (Å²) in [5.74, 6) is -1.62. The Morgan fingerprint density at radius 1 is 1.21 bits per heavy atom. The number of anilines is 1. The molecule has 0 radical (unpaired) electrons. The van der Waals surface area contributed by atoms with E-state index >= 15 is 0 Å². The van der Waals surface area contributed by atoms with Crippen molar-refractivity contribution < 1.29 is 23.1 Å². The van der Waals surface area contributed by atoms with Gasteiger partial charge in [0.1, 0.15) is 0 Å². The van der Waals surface area contributed by atoms with E-state index in [1.807, 2.05) is 11.4 Å². The Labute approximate surface area is 175 Å². The number of rotatable bonds is 4. The maximum Gasteiger partial charge on any atom is 0.426 e. The van der Waals surface area contributed by atoms with E-state index < -0.39 is 17.7 Å². The highest BCUT2D eigenvalue weighted by atomic mass is 35.5. The van der Waals surface area contributed by atoms with Gasteiger partial charge in [-0.05, 0) is 43.3 Å². The molecule has 0 bridgehead atoms. The van der Waals surface area contributed by atoms with Gasteiger partial charge in [0, 0.05) is 9.92 Å². The van der Waals surface area contributed by atoms with Crippen molar-refractivity contribution >= 4 is 68.1 Å². The van der Waals surface area contributed by atoms with Gasteiger partial charge in [-0.2, -0.15) is 13.2 Å². The summed E-state index contributed by atoms with van der Waals surface area (Å²) in [7, 11) is 0. The first-order valence-electron chi connectivity index (χ1n) is 7.61. The fraction of sp³-hybridized carbons (Fsp3) is 0.176. The van der Waals surface area contributed by atoms with Crippen molar-refractivity contribution in [1.82, 2.24) is 4.98 Å². The summed E-state index contributed by atoms with van der Waals surface area (Å²) < 4.78 is 39.9. The number of carbonyl (C=O) groups excluding carboxylic acids is 1. The topological polar surface area (TPSA) is 62.2 Å². The third kappa shape index (κ3) is 4.38. The van der Waals surface area contributed by atoms with Crippen molar-refractivity contribution in [1.29, 1.82) is 0 Å². The fourth-order valence-corrected chi connectivity index (χ4v) is 4.58. The van der Waals surface area contributed by atoms with E-state index in [-0.39, 0.29) is 10.7 Å². The van der Waals surface area contributed by atoms with E-state index in [1.165, 1.54) is 35.2 Å². The van der Waals surface area contributed by atoms with Gasteiger partial charge in [0.15, 0.2) is 4.34 Å². The lowest BCUT2D eigenvalue weighted by molar-refractivity contribution is -0.242. The van der Waals surface area contributed by atoms with Gasteiger partial charge < -0.3 is 10.4 Å². The molecule has 1 heterocycles. The summed E-state index contributed by atoms with van der Waals surface area (Å²) in [4.78, 5) is 16.9. The van der Waals surface area contributed by atoms with Crippen LogP contribution in [0.15, 0.2) is 45.6 Å². The SMILES string of the molecule is CC(O)(C(=O)Nc1ccc(Sc2nc3cc(Cl)ccc3s2)cc1Cl)C(F)(F)F. The summed E-state index contributed by atoms with van der Waals surface area (Å²) in [6.07, 6.45) is -5.12. The monoisotopic (exact) mass is 466 g/mol. The Morgan fingerprint density at radius 2 is 1.93 bits per heavy atom. The van der Waals surface area contributed by atoms with Gasteiger partial charge >= 0.3 is 6.18 Å². The standard InChI is InChI=1S/C17H11Cl2F3N2O2S2/c1-16(26,17(20,21)22)14(25)23-11-4-3-9(7-10(11)19)27-15-24-12-6-8(18)2-5-13(12)28-15/h2-7,26H,1H3,(H,23,25). The second kappa shape index (κ2) is 7.72. The lowest BCUT2D eigenvalue weighted by Gasteiger charge is -2.25. The molecule has 3 rings (SSSR count). The van der Waals surface area contributed by atoms with Gasteiger partial charge in [0.25, 0.3) is 5.91 Å². The van der Waals surface area contributed by atoms with Crippen LogP contribution in [0.1, 0.15) is 6.92 Å². The van der Waals surface area contributed by atoms with Crippen LogP contribution in [0.3, 0.4) is 0 Å². The van der Waals surface area contributed by atoms with Crippen molar-refractivity contribution in [2.45, 2.75) is 27.9 Å². The highest BCUT2D eigenvalue weighted by molar-refractivity contribution is 8.01. The minimum absolute atomic E-state index is 0.0282. The molecule has 2 aromatic carbocycles. The fourth-order valence-electron chi connectivity index (χ4n) is 2.06. The number of nitrogens with zero attached hydrogens (tertiary/aromatic N) is 1. The Bertz CT molecular complexity index is 1050. The Hall–Kier alpha value is -1.52. The largest absolute Gasteiger partial charge is 0.426 e. The highest BCUT2D eigenvalue weighted by Crippen LogP contribution is 2.38. The zero-order valence-electron chi connectivity index (χ0n) is 14.0. The number of carbonyl (C=O) groups is 1. The first-order chi connectivity index (χ1) is 13.0. The average molecular weight is 467 g/mol. The molecular formula is C17H11Cl2F3N2O2S2. The molecule has 1 aromatic heterocycles. The van der Waals surface area contributed by atoms with E-state index in [0.29, 0.717) is 16.8 Å². The molecule has 1 amide bonds. The number of alkyl halides is 3. The van der Waals surface area contributed by atoms with Crippen molar-refractivity contribution in [3.8, 4) is 0 Å². The number of aromatic nitrogens is 1. The molecule has 0 saturated carbocycles. The number of fused-ring (bicyclic) bond motifs is 1. The van der Waals surface area contributed by atoms with Crippen molar-refractivity contribution in [2.75, 3.05) is 5.32 Å². The zero-order chi connectivity index (χ0) is 20.7. The molecule has 3 aromatic rings. The van der Waals surface area contributed by atoms with Gasteiger partial charge in [-0.3, -0.25) is 4.79 Å². The molecule has 0 saturated heterocycles. The summed E-state index contributed by atoms with van der Waals surface area (Å²) in [5.41, 5.74) is -2.83.